The molecule has 7 nitrogen and oxygen atoms in total. The first kappa shape index (κ1) is 21.4. The smallest absolute Gasteiger partial charge is 0.407 e. The molecule has 0 aromatic heterocycles. The maximum absolute atomic E-state index is 12.4. The normalized spacial score (nSPS) is 13.3. The topological polar surface area (TPSA) is 108 Å². The van der Waals surface area contributed by atoms with Crippen molar-refractivity contribution in [1.29, 1.82) is 0 Å². The Bertz CT molecular complexity index is 895. The number of rotatable bonds is 8. The molecule has 2 N–H and O–H groups in total. The Hall–Kier alpha value is -3.35. The summed E-state index contributed by atoms with van der Waals surface area (Å²) < 4.78 is 5.47. The Balaban J connectivity index is 1.65. The zero-order valence-electron chi connectivity index (χ0n) is 17.0. The van der Waals surface area contributed by atoms with Crippen molar-refractivity contribution in [3.8, 4) is 11.1 Å². The number of carbonyl (C=O) groups is 3. The zero-order valence-corrected chi connectivity index (χ0v) is 17.0. The summed E-state index contributed by atoms with van der Waals surface area (Å²) in [7, 11) is 0. The zero-order chi connectivity index (χ0) is 21.7. The summed E-state index contributed by atoms with van der Waals surface area (Å²) in [4.78, 5) is 35.2. The van der Waals surface area contributed by atoms with Gasteiger partial charge < -0.3 is 25.3 Å². The van der Waals surface area contributed by atoms with Gasteiger partial charge in [0.05, 0.1) is 12.5 Å². The van der Waals surface area contributed by atoms with Crippen LogP contribution >= 0.6 is 0 Å². The second kappa shape index (κ2) is 9.43. The highest BCUT2D eigenvalue weighted by Crippen LogP contribution is 2.44. The summed E-state index contributed by atoms with van der Waals surface area (Å²) in [5.41, 5.74) is 4.44. The molecular formula is C23H25N2O5-. The minimum atomic E-state index is -1.40. The van der Waals surface area contributed by atoms with Crippen molar-refractivity contribution in [1.82, 2.24) is 10.6 Å². The van der Waals surface area contributed by atoms with Crippen molar-refractivity contribution in [3.63, 3.8) is 0 Å². The van der Waals surface area contributed by atoms with Gasteiger partial charge in [-0.2, -0.15) is 0 Å². The number of carbonyl (C=O) groups excluding carboxylic acids is 3. The number of alkyl carbamates (subject to hydrolysis) is 1. The van der Waals surface area contributed by atoms with E-state index in [1.165, 1.54) is 0 Å². The molecule has 158 valence electrons. The Morgan fingerprint density at radius 3 is 2.10 bits per heavy atom. The fourth-order valence-electron chi connectivity index (χ4n) is 3.77. The third-order valence-corrected chi connectivity index (χ3v) is 5.07. The second-order valence-electron chi connectivity index (χ2n) is 7.74. The second-order valence-corrected chi connectivity index (χ2v) is 7.74. The minimum absolute atomic E-state index is 0.0846. The molecule has 0 fully saturated rings. The molecule has 2 amide bonds. The number of nitrogens with one attached hydrogen (secondary N) is 2. The molecule has 0 saturated heterocycles. The SMILES string of the molecule is CC(C)C[C@H](NC(=O)OCC1c2ccccc2-c2ccccc21)C(=O)NCC(=O)[O-]. The molecule has 0 spiro atoms. The molecular weight excluding hydrogens is 384 g/mol. The Labute approximate surface area is 175 Å². The summed E-state index contributed by atoms with van der Waals surface area (Å²) in [6.07, 6.45) is -0.366. The fourth-order valence-corrected chi connectivity index (χ4v) is 3.77. The molecule has 0 unspecified atom stereocenters. The van der Waals surface area contributed by atoms with Crippen LogP contribution < -0.4 is 15.7 Å². The molecule has 0 bridgehead atoms. The van der Waals surface area contributed by atoms with E-state index in [-0.39, 0.29) is 18.4 Å². The van der Waals surface area contributed by atoms with Gasteiger partial charge in [0.25, 0.3) is 0 Å². The van der Waals surface area contributed by atoms with Crippen molar-refractivity contribution < 1.29 is 24.2 Å². The summed E-state index contributed by atoms with van der Waals surface area (Å²) in [6.45, 7) is 3.32. The third-order valence-electron chi connectivity index (χ3n) is 5.07. The summed E-state index contributed by atoms with van der Waals surface area (Å²) in [5.74, 6) is -1.95. The van der Waals surface area contributed by atoms with Crippen LogP contribution in [0.15, 0.2) is 48.5 Å². The molecule has 1 aliphatic rings. The summed E-state index contributed by atoms with van der Waals surface area (Å²) >= 11 is 0. The molecule has 2 aromatic rings. The Kier molecular flexibility index (Phi) is 6.72. The van der Waals surface area contributed by atoms with Crippen molar-refractivity contribution in [2.45, 2.75) is 32.2 Å². The van der Waals surface area contributed by atoms with Gasteiger partial charge in [0.2, 0.25) is 5.91 Å². The summed E-state index contributed by atoms with van der Waals surface area (Å²) in [6, 6.07) is 15.1. The van der Waals surface area contributed by atoms with E-state index < -0.39 is 30.6 Å². The van der Waals surface area contributed by atoms with E-state index in [1.54, 1.807) is 0 Å². The first-order valence-corrected chi connectivity index (χ1v) is 9.96. The standard InChI is InChI=1S/C23H26N2O5/c1-14(2)11-20(22(28)24-12-21(26)27)25-23(29)30-13-19-17-9-5-3-7-15(17)16-8-4-6-10-18(16)19/h3-10,14,19-20H,11-13H2,1-2H3,(H,24,28)(H,25,29)(H,26,27)/p-1/t20-/m0/s1. The minimum Gasteiger partial charge on any atom is -0.548 e. The number of ether oxygens (including phenoxy) is 1. The number of hydrogen-bond donors (Lipinski definition) is 2. The molecule has 0 radical (unpaired) electrons. The van der Waals surface area contributed by atoms with Crippen LogP contribution in [0.5, 0.6) is 0 Å². The van der Waals surface area contributed by atoms with Crippen LogP contribution in [0.3, 0.4) is 0 Å². The van der Waals surface area contributed by atoms with Gasteiger partial charge in [-0.3, -0.25) is 4.79 Å². The first-order valence-electron chi connectivity index (χ1n) is 9.96. The van der Waals surface area contributed by atoms with Crippen LogP contribution in [0.2, 0.25) is 0 Å². The number of aliphatic carboxylic acids is 1. The molecule has 0 aliphatic heterocycles. The molecule has 0 heterocycles. The molecule has 1 aliphatic carbocycles. The van der Waals surface area contributed by atoms with E-state index in [1.807, 2.05) is 50.2 Å². The number of carboxylic acid groups (broad SMARTS) is 1. The van der Waals surface area contributed by atoms with Gasteiger partial charge in [0, 0.05) is 5.92 Å². The van der Waals surface area contributed by atoms with E-state index in [4.69, 9.17) is 4.74 Å². The Morgan fingerprint density at radius 2 is 1.57 bits per heavy atom. The highest BCUT2D eigenvalue weighted by atomic mass is 16.5. The maximum Gasteiger partial charge on any atom is 0.407 e. The van der Waals surface area contributed by atoms with Crippen LogP contribution in [0.25, 0.3) is 11.1 Å². The lowest BCUT2D eigenvalue weighted by molar-refractivity contribution is -0.304. The number of amides is 2. The lowest BCUT2D eigenvalue weighted by Gasteiger charge is -2.21. The van der Waals surface area contributed by atoms with Crippen molar-refractivity contribution >= 4 is 18.0 Å². The fraction of sp³-hybridized carbons (Fsp3) is 0.348. The van der Waals surface area contributed by atoms with E-state index in [0.717, 1.165) is 22.3 Å². The van der Waals surface area contributed by atoms with Gasteiger partial charge >= 0.3 is 6.09 Å². The lowest BCUT2D eigenvalue weighted by Crippen LogP contribution is -2.50. The van der Waals surface area contributed by atoms with Crippen LogP contribution in [-0.4, -0.2) is 37.2 Å². The lowest BCUT2D eigenvalue weighted by atomic mass is 9.98. The number of carboxylic acids is 1. The monoisotopic (exact) mass is 409 g/mol. The van der Waals surface area contributed by atoms with E-state index in [0.29, 0.717) is 6.42 Å². The third kappa shape index (κ3) is 4.97. The quantitative estimate of drug-likeness (QED) is 0.691. The maximum atomic E-state index is 12.4. The van der Waals surface area contributed by atoms with Gasteiger partial charge in [-0.15, -0.1) is 0 Å². The average Bonchev–Trinajstić information content (AvgIpc) is 3.03. The van der Waals surface area contributed by atoms with Gasteiger partial charge in [-0.25, -0.2) is 4.79 Å². The number of fused-ring (bicyclic) bond motifs is 3. The number of benzene rings is 2. The largest absolute Gasteiger partial charge is 0.548 e. The highest BCUT2D eigenvalue weighted by molar-refractivity contribution is 5.87. The molecule has 3 rings (SSSR count). The van der Waals surface area contributed by atoms with Crippen LogP contribution in [0.1, 0.15) is 37.3 Å². The van der Waals surface area contributed by atoms with Gasteiger partial charge in [-0.05, 0) is 34.6 Å². The van der Waals surface area contributed by atoms with E-state index in [9.17, 15) is 19.5 Å². The van der Waals surface area contributed by atoms with Crippen LogP contribution in [0.4, 0.5) is 4.79 Å². The molecule has 7 heteroatoms. The predicted octanol–water partition coefficient (Wildman–Crippen LogP) is 1.81. The van der Waals surface area contributed by atoms with Gasteiger partial charge in [-0.1, -0.05) is 62.4 Å². The summed E-state index contributed by atoms with van der Waals surface area (Å²) in [5, 5.41) is 15.4. The van der Waals surface area contributed by atoms with Crippen LogP contribution in [-0.2, 0) is 14.3 Å². The van der Waals surface area contributed by atoms with Gasteiger partial charge in [0.1, 0.15) is 12.6 Å². The first-order chi connectivity index (χ1) is 14.4. The predicted molar refractivity (Wildman–Crippen MR) is 109 cm³/mol. The van der Waals surface area contributed by atoms with Gasteiger partial charge in [0.15, 0.2) is 0 Å². The van der Waals surface area contributed by atoms with Crippen molar-refractivity contribution in [2.24, 2.45) is 5.92 Å². The van der Waals surface area contributed by atoms with E-state index in [2.05, 4.69) is 22.8 Å². The average molecular weight is 409 g/mol. The van der Waals surface area contributed by atoms with Crippen molar-refractivity contribution in [3.05, 3.63) is 59.7 Å². The molecule has 2 aromatic carbocycles. The number of hydrogen-bond acceptors (Lipinski definition) is 5. The molecule has 1 atom stereocenters. The Morgan fingerprint density at radius 1 is 1.00 bits per heavy atom. The molecule has 0 saturated carbocycles. The van der Waals surface area contributed by atoms with Crippen molar-refractivity contribution in [2.75, 3.05) is 13.2 Å². The molecule has 30 heavy (non-hydrogen) atoms. The highest BCUT2D eigenvalue weighted by Gasteiger charge is 2.29. The van der Waals surface area contributed by atoms with E-state index >= 15 is 0 Å². The van der Waals surface area contributed by atoms with Crippen LogP contribution in [0, 0.1) is 5.92 Å².